The maximum Gasteiger partial charge on any atom is 0.387 e. The summed E-state index contributed by atoms with van der Waals surface area (Å²) in [6, 6.07) is 2.21. The van der Waals surface area contributed by atoms with Crippen LogP contribution < -0.4 is 4.74 Å². The number of ether oxygens (including phenoxy) is 1. The minimum absolute atomic E-state index is 0.495. The summed E-state index contributed by atoms with van der Waals surface area (Å²) in [6.07, 6.45) is 15.5. The molecule has 1 aliphatic rings. The quantitative estimate of drug-likeness (QED) is 0.300. The van der Waals surface area contributed by atoms with Crippen LogP contribution >= 0.6 is 0 Å². The Morgan fingerprint density at radius 1 is 0.963 bits per heavy atom. The normalized spacial score (nSPS) is 20.5. The molecule has 1 nitrogen and oxygen atoms in total. The van der Waals surface area contributed by atoms with E-state index in [4.69, 9.17) is 0 Å². The van der Waals surface area contributed by atoms with Gasteiger partial charge in [0.1, 0.15) is 0 Å². The van der Waals surface area contributed by atoms with Gasteiger partial charge in [-0.2, -0.15) is 8.78 Å². The van der Waals surface area contributed by atoms with Gasteiger partial charge in [-0.05, 0) is 61.6 Å². The van der Waals surface area contributed by atoms with E-state index in [9.17, 15) is 17.6 Å². The Bertz CT molecular complexity index is 569. The van der Waals surface area contributed by atoms with Gasteiger partial charge in [0.2, 0.25) is 0 Å². The summed E-state index contributed by atoms with van der Waals surface area (Å²) < 4.78 is 55.8. The molecule has 0 bridgehead atoms. The van der Waals surface area contributed by atoms with Crippen LogP contribution in [0.1, 0.15) is 70.3 Å². The van der Waals surface area contributed by atoms with Gasteiger partial charge in [0.15, 0.2) is 17.4 Å². The maximum atomic E-state index is 13.8. The number of benzene rings is 1. The number of rotatable bonds is 10. The Morgan fingerprint density at radius 2 is 1.52 bits per heavy atom. The van der Waals surface area contributed by atoms with Crippen molar-refractivity contribution in [2.45, 2.75) is 77.7 Å². The molecule has 0 amide bonds. The fourth-order valence-corrected chi connectivity index (χ4v) is 3.87. The Hall–Kier alpha value is -1.52. The van der Waals surface area contributed by atoms with Crippen LogP contribution in [0.5, 0.6) is 5.75 Å². The molecule has 0 aromatic heterocycles. The van der Waals surface area contributed by atoms with Crippen molar-refractivity contribution in [2.24, 2.45) is 11.8 Å². The highest BCUT2D eigenvalue weighted by Gasteiger charge is 2.21. The van der Waals surface area contributed by atoms with Gasteiger partial charge in [-0.25, -0.2) is 8.78 Å². The summed E-state index contributed by atoms with van der Waals surface area (Å²) in [5.41, 5.74) is 0.495. The molecule has 1 aliphatic carbocycles. The van der Waals surface area contributed by atoms with E-state index in [0.29, 0.717) is 17.9 Å². The maximum absolute atomic E-state index is 13.8. The number of alkyl halides is 2. The summed E-state index contributed by atoms with van der Waals surface area (Å²) in [5.74, 6) is -1.77. The molecular formula is C22H30F4O. The molecule has 0 spiro atoms. The third-order valence-corrected chi connectivity index (χ3v) is 5.44. The van der Waals surface area contributed by atoms with E-state index in [1.54, 1.807) is 0 Å². The second kappa shape index (κ2) is 11.4. The lowest BCUT2D eigenvalue weighted by atomic mass is 9.78. The van der Waals surface area contributed by atoms with E-state index in [2.05, 4.69) is 23.8 Å². The summed E-state index contributed by atoms with van der Waals surface area (Å²) in [6.45, 7) is -1.06. The highest BCUT2D eigenvalue weighted by Crippen LogP contribution is 2.34. The molecule has 0 heterocycles. The van der Waals surface area contributed by atoms with Crippen LogP contribution in [0.25, 0.3) is 0 Å². The van der Waals surface area contributed by atoms with Crippen molar-refractivity contribution in [1.29, 1.82) is 0 Å². The Labute approximate surface area is 159 Å². The van der Waals surface area contributed by atoms with Crippen LogP contribution in [-0.4, -0.2) is 6.61 Å². The van der Waals surface area contributed by atoms with Crippen LogP contribution in [0.3, 0.4) is 0 Å². The molecule has 152 valence electrons. The second-order valence-corrected chi connectivity index (χ2v) is 7.53. The SMILES string of the molecule is CCCC=CCCC1CCC(CCc2cc(F)c(OC(F)F)c(F)c2)CC1. The molecule has 1 fully saturated rings. The Balaban J connectivity index is 1.73. The van der Waals surface area contributed by atoms with Gasteiger partial charge in [-0.1, -0.05) is 51.2 Å². The molecule has 0 unspecified atom stereocenters. The Kier molecular flexibility index (Phi) is 9.16. The number of halogens is 4. The molecule has 1 aromatic carbocycles. The first kappa shape index (κ1) is 21.8. The molecule has 1 aromatic rings. The van der Waals surface area contributed by atoms with Crippen molar-refractivity contribution in [3.8, 4) is 5.75 Å². The van der Waals surface area contributed by atoms with Gasteiger partial charge in [0.25, 0.3) is 0 Å². The average Bonchev–Trinajstić information content (AvgIpc) is 2.63. The van der Waals surface area contributed by atoms with Crippen molar-refractivity contribution in [1.82, 2.24) is 0 Å². The van der Waals surface area contributed by atoms with Crippen LogP contribution in [0.4, 0.5) is 17.6 Å². The molecule has 1 saturated carbocycles. The van der Waals surface area contributed by atoms with Crippen molar-refractivity contribution in [3.05, 3.63) is 41.5 Å². The minimum atomic E-state index is -3.24. The highest BCUT2D eigenvalue weighted by atomic mass is 19.3. The van der Waals surface area contributed by atoms with Crippen LogP contribution in [0.2, 0.25) is 0 Å². The lowest BCUT2D eigenvalue weighted by Crippen LogP contribution is -2.15. The smallest absolute Gasteiger partial charge is 0.387 e. The van der Waals surface area contributed by atoms with E-state index < -0.39 is 24.0 Å². The largest absolute Gasteiger partial charge is 0.429 e. The van der Waals surface area contributed by atoms with E-state index in [0.717, 1.165) is 50.2 Å². The van der Waals surface area contributed by atoms with E-state index in [-0.39, 0.29) is 0 Å². The molecule has 2 rings (SSSR count). The third kappa shape index (κ3) is 7.55. The zero-order valence-electron chi connectivity index (χ0n) is 16.0. The lowest BCUT2D eigenvalue weighted by molar-refractivity contribution is -0.0546. The van der Waals surface area contributed by atoms with Gasteiger partial charge >= 0.3 is 6.61 Å². The van der Waals surface area contributed by atoms with Crippen molar-refractivity contribution in [3.63, 3.8) is 0 Å². The Morgan fingerprint density at radius 3 is 2.07 bits per heavy atom. The zero-order valence-corrected chi connectivity index (χ0v) is 16.0. The van der Waals surface area contributed by atoms with Crippen LogP contribution in [0.15, 0.2) is 24.3 Å². The first-order valence-corrected chi connectivity index (χ1v) is 10.1. The molecular weight excluding hydrogens is 356 g/mol. The fraction of sp³-hybridized carbons (Fsp3) is 0.636. The monoisotopic (exact) mass is 386 g/mol. The van der Waals surface area contributed by atoms with Gasteiger partial charge in [-0.15, -0.1) is 0 Å². The third-order valence-electron chi connectivity index (χ3n) is 5.44. The molecule has 0 aliphatic heterocycles. The summed E-state index contributed by atoms with van der Waals surface area (Å²) >= 11 is 0. The van der Waals surface area contributed by atoms with Crippen molar-refractivity contribution < 1.29 is 22.3 Å². The number of unbranched alkanes of at least 4 members (excludes halogenated alkanes) is 1. The van der Waals surface area contributed by atoms with Gasteiger partial charge in [0, 0.05) is 0 Å². The van der Waals surface area contributed by atoms with Gasteiger partial charge < -0.3 is 4.74 Å². The van der Waals surface area contributed by atoms with Crippen molar-refractivity contribution in [2.75, 3.05) is 0 Å². The standard InChI is InChI=1S/C22H30F4O/c1-2-3-4-5-6-7-16-8-10-17(11-9-16)12-13-18-14-19(23)21(20(24)15-18)27-22(25)26/h4-5,14-17,22H,2-3,6-13H2,1H3. The average molecular weight is 386 g/mol. The lowest BCUT2D eigenvalue weighted by Gasteiger charge is -2.28. The van der Waals surface area contributed by atoms with E-state index >= 15 is 0 Å². The molecule has 5 heteroatoms. The summed E-state index contributed by atoms with van der Waals surface area (Å²) in [4.78, 5) is 0. The number of aryl methyl sites for hydroxylation is 1. The second-order valence-electron chi connectivity index (χ2n) is 7.53. The van der Waals surface area contributed by atoms with E-state index in [1.165, 1.54) is 25.7 Å². The molecule has 0 saturated heterocycles. The predicted molar refractivity (Wildman–Crippen MR) is 100 cm³/mol. The first-order valence-electron chi connectivity index (χ1n) is 10.1. The zero-order chi connectivity index (χ0) is 19.6. The topological polar surface area (TPSA) is 9.23 Å². The van der Waals surface area contributed by atoms with Crippen LogP contribution in [0, 0.1) is 23.5 Å². The molecule has 0 N–H and O–H groups in total. The summed E-state index contributed by atoms with van der Waals surface area (Å²) in [5, 5.41) is 0. The molecule has 27 heavy (non-hydrogen) atoms. The number of hydrogen-bond acceptors (Lipinski definition) is 1. The molecule has 0 atom stereocenters. The van der Waals surface area contributed by atoms with Gasteiger partial charge in [-0.3, -0.25) is 0 Å². The molecule has 0 radical (unpaired) electrons. The summed E-state index contributed by atoms with van der Waals surface area (Å²) in [7, 11) is 0. The predicted octanol–water partition coefficient (Wildman–Crippen LogP) is 7.44. The number of hydrogen-bond donors (Lipinski definition) is 0. The van der Waals surface area contributed by atoms with Gasteiger partial charge in [0.05, 0.1) is 0 Å². The highest BCUT2D eigenvalue weighted by molar-refractivity contribution is 5.31. The first-order chi connectivity index (χ1) is 13.0. The number of allylic oxidation sites excluding steroid dienone is 2. The minimum Gasteiger partial charge on any atom is -0.429 e. The fourth-order valence-electron chi connectivity index (χ4n) is 3.87. The van der Waals surface area contributed by atoms with E-state index in [1.807, 2.05) is 0 Å². The van der Waals surface area contributed by atoms with Crippen molar-refractivity contribution >= 4 is 0 Å². The van der Waals surface area contributed by atoms with Crippen LogP contribution in [-0.2, 0) is 6.42 Å².